The van der Waals surface area contributed by atoms with Crippen molar-refractivity contribution in [3.05, 3.63) is 22.7 Å². The van der Waals surface area contributed by atoms with Gasteiger partial charge in [-0.3, -0.25) is 14.5 Å². The summed E-state index contributed by atoms with van der Waals surface area (Å²) in [5.74, 6) is -0.266. The highest BCUT2D eigenvalue weighted by molar-refractivity contribution is 6.32. The van der Waals surface area contributed by atoms with Crippen LogP contribution in [0, 0.1) is 6.92 Å². The van der Waals surface area contributed by atoms with Crippen LogP contribution in [-0.4, -0.2) is 30.9 Å². The molecule has 1 saturated heterocycles. The Morgan fingerprint density at radius 3 is 2.94 bits per heavy atom. The van der Waals surface area contributed by atoms with Crippen molar-refractivity contribution < 1.29 is 9.59 Å². The van der Waals surface area contributed by atoms with Gasteiger partial charge in [-0.1, -0.05) is 11.6 Å². The summed E-state index contributed by atoms with van der Waals surface area (Å²) >= 11 is 6.09. The predicted octanol–water partition coefficient (Wildman–Crippen LogP) is 0.905. The second-order valence-corrected chi connectivity index (χ2v) is 4.88. The summed E-state index contributed by atoms with van der Waals surface area (Å²) in [6, 6.07) is 2.97. The fraction of sp³-hybridized carbons (Fsp3) is 0.333. The molecule has 6 heteroatoms. The molecule has 1 aromatic carbocycles. The highest BCUT2D eigenvalue weighted by atomic mass is 35.5. The van der Waals surface area contributed by atoms with Crippen molar-refractivity contribution >= 4 is 34.8 Å². The second-order valence-electron chi connectivity index (χ2n) is 4.47. The van der Waals surface area contributed by atoms with Crippen molar-refractivity contribution in [3.8, 4) is 0 Å². The number of rotatable bonds is 0. The Hall–Kier alpha value is -1.59. The first-order valence-electron chi connectivity index (χ1n) is 5.72. The zero-order valence-electron chi connectivity index (χ0n) is 9.79. The molecule has 1 fully saturated rings. The lowest BCUT2D eigenvalue weighted by Crippen LogP contribution is -2.61. The molecule has 0 spiro atoms. The third-order valence-corrected chi connectivity index (χ3v) is 3.77. The van der Waals surface area contributed by atoms with Crippen LogP contribution >= 0.6 is 11.6 Å². The number of anilines is 2. The average molecular weight is 266 g/mol. The van der Waals surface area contributed by atoms with Gasteiger partial charge in [0.2, 0.25) is 11.8 Å². The topological polar surface area (TPSA) is 61.4 Å². The highest BCUT2D eigenvalue weighted by Gasteiger charge is 2.40. The van der Waals surface area contributed by atoms with Crippen molar-refractivity contribution in [2.45, 2.75) is 13.0 Å². The van der Waals surface area contributed by atoms with E-state index in [1.807, 2.05) is 6.92 Å². The van der Waals surface area contributed by atoms with E-state index in [0.29, 0.717) is 17.3 Å². The van der Waals surface area contributed by atoms with Crippen LogP contribution in [-0.2, 0) is 9.59 Å². The van der Waals surface area contributed by atoms with Crippen molar-refractivity contribution in [2.75, 3.05) is 23.3 Å². The van der Waals surface area contributed by atoms with Gasteiger partial charge in [-0.05, 0) is 24.6 Å². The molecule has 1 aromatic rings. The Bertz CT molecular complexity index is 558. The molecule has 2 aliphatic heterocycles. The lowest BCUT2D eigenvalue weighted by atomic mass is 10.0. The summed E-state index contributed by atoms with van der Waals surface area (Å²) in [4.78, 5) is 25.6. The number of halogens is 1. The van der Waals surface area contributed by atoms with E-state index in [1.165, 1.54) is 0 Å². The molecule has 0 aliphatic carbocycles. The summed E-state index contributed by atoms with van der Waals surface area (Å²) in [6.45, 7) is 2.56. The number of nitrogens with one attached hydrogen (secondary N) is 2. The maximum Gasteiger partial charge on any atom is 0.248 e. The van der Waals surface area contributed by atoms with Gasteiger partial charge in [0.05, 0.1) is 17.9 Å². The van der Waals surface area contributed by atoms with E-state index in [4.69, 9.17) is 11.6 Å². The monoisotopic (exact) mass is 265 g/mol. The summed E-state index contributed by atoms with van der Waals surface area (Å²) in [7, 11) is 0. The van der Waals surface area contributed by atoms with Crippen molar-refractivity contribution in [1.29, 1.82) is 0 Å². The minimum Gasteiger partial charge on any atom is -0.322 e. The molecule has 18 heavy (non-hydrogen) atoms. The van der Waals surface area contributed by atoms with Gasteiger partial charge >= 0.3 is 0 Å². The first-order chi connectivity index (χ1) is 8.59. The summed E-state index contributed by atoms with van der Waals surface area (Å²) in [5, 5.41) is 6.35. The van der Waals surface area contributed by atoms with E-state index in [0.717, 1.165) is 11.3 Å². The van der Waals surface area contributed by atoms with Gasteiger partial charge in [-0.15, -0.1) is 0 Å². The van der Waals surface area contributed by atoms with Crippen molar-refractivity contribution in [1.82, 2.24) is 5.32 Å². The van der Waals surface area contributed by atoms with E-state index >= 15 is 0 Å². The molecule has 2 N–H and O–H groups in total. The maximum absolute atomic E-state index is 12.0. The van der Waals surface area contributed by atoms with Crippen LogP contribution in [0.25, 0.3) is 0 Å². The number of hydrogen-bond donors (Lipinski definition) is 2. The summed E-state index contributed by atoms with van der Waals surface area (Å²) < 4.78 is 0. The van der Waals surface area contributed by atoms with Crippen LogP contribution in [0.15, 0.2) is 12.1 Å². The quantitative estimate of drug-likeness (QED) is 0.733. The van der Waals surface area contributed by atoms with Crippen LogP contribution < -0.4 is 15.5 Å². The fourth-order valence-electron chi connectivity index (χ4n) is 2.46. The third-order valence-electron chi connectivity index (χ3n) is 3.36. The molecule has 0 aromatic heterocycles. The number of benzene rings is 1. The standard InChI is InChI=1S/C12H12ClN3O2/c1-6-7(13)2-3-8-11(6)16-9(12(18)15-8)4-14-5-10(16)17/h2-3,9,14H,4-5H2,1H3,(H,15,18). The van der Waals surface area contributed by atoms with Gasteiger partial charge in [0.1, 0.15) is 6.04 Å². The minimum absolute atomic E-state index is 0.104. The van der Waals surface area contributed by atoms with E-state index in [1.54, 1.807) is 17.0 Å². The van der Waals surface area contributed by atoms with Crippen molar-refractivity contribution in [3.63, 3.8) is 0 Å². The van der Waals surface area contributed by atoms with Crippen LogP contribution in [0.4, 0.5) is 11.4 Å². The predicted molar refractivity (Wildman–Crippen MR) is 69.0 cm³/mol. The number of carbonyl (C=O) groups excluding carboxylic acids is 2. The molecule has 1 unspecified atom stereocenters. The molecule has 1 atom stereocenters. The maximum atomic E-state index is 12.0. The van der Waals surface area contributed by atoms with Crippen LogP contribution in [0.2, 0.25) is 5.02 Å². The molecule has 5 nitrogen and oxygen atoms in total. The molecule has 0 bridgehead atoms. The van der Waals surface area contributed by atoms with E-state index in [-0.39, 0.29) is 18.4 Å². The number of hydrogen-bond acceptors (Lipinski definition) is 3. The van der Waals surface area contributed by atoms with Gasteiger partial charge in [0, 0.05) is 11.6 Å². The first-order valence-corrected chi connectivity index (χ1v) is 6.10. The van der Waals surface area contributed by atoms with Crippen LogP contribution in [0.1, 0.15) is 5.56 Å². The molecule has 94 valence electrons. The van der Waals surface area contributed by atoms with E-state index in [9.17, 15) is 9.59 Å². The molecular weight excluding hydrogens is 254 g/mol. The molecule has 3 rings (SSSR count). The minimum atomic E-state index is -0.490. The normalized spacial score (nSPS) is 22.3. The Labute approximate surface area is 109 Å². The molecule has 2 aliphatic rings. The van der Waals surface area contributed by atoms with E-state index < -0.39 is 6.04 Å². The summed E-state index contributed by atoms with van der Waals surface area (Å²) in [5.41, 5.74) is 2.18. The molecule has 2 heterocycles. The third kappa shape index (κ3) is 1.51. The smallest absolute Gasteiger partial charge is 0.248 e. The lowest BCUT2D eigenvalue weighted by molar-refractivity contribution is -0.124. The van der Waals surface area contributed by atoms with Gasteiger partial charge in [0.25, 0.3) is 0 Å². The van der Waals surface area contributed by atoms with Gasteiger partial charge in [0.15, 0.2) is 0 Å². The summed E-state index contributed by atoms with van der Waals surface area (Å²) in [6.07, 6.45) is 0. The number of fused-ring (bicyclic) bond motifs is 3. The fourth-order valence-corrected chi connectivity index (χ4v) is 2.61. The second kappa shape index (κ2) is 3.96. The Kier molecular flexibility index (Phi) is 2.53. The highest BCUT2D eigenvalue weighted by Crippen LogP contribution is 2.39. The van der Waals surface area contributed by atoms with Crippen LogP contribution in [0.3, 0.4) is 0 Å². The zero-order chi connectivity index (χ0) is 12.9. The van der Waals surface area contributed by atoms with Gasteiger partial charge < -0.3 is 10.6 Å². The molecule has 0 radical (unpaired) electrons. The lowest BCUT2D eigenvalue weighted by Gasteiger charge is -2.40. The average Bonchev–Trinajstić information content (AvgIpc) is 2.35. The van der Waals surface area contributed by atoms with Crippen LogP contribution in [0.5, 0.6) is 0 Å². The number of piperazine rings is 1. The first kappa shape index (κ1) is 11.5. The molecule has 2 amide bonds. The molecule has 0 saturated carbocycles. The largest absolute Gasteiger partial charge is 0.322 e. The molecular formula is C12H12ClN3O2. The zero-order valence-corrected chi connectivity index (χ0v) is 10.5. The Morgan fingerprint density at radius 1 is 1.39 bits per heavy atom. The number of nitrogens with zero attached hydrogens (tertiary/aromatic N) is 1. The van der Waals surface area contributed by atoms with Gasteiger partial charge in [-0.25, -0.2) is 0 Å². The number of carbonyl (C=O) groups is 2. The van der Waals surface area contributed by atoms with Crippen molar-refractivity contribution in [2.24, 2.45) is 0 Å². The number of amides is 2. The van der Waals surface area contributed by atoms with E-state index in [2.05, 4.69) is 10.6 Å². The van der Waals surface area contributed by atoms with Gasteiger partial charge in [-0.2, -0.15) is 0 Å². The Morgan fingerprint density at radius 2 is 2.17 bits per heavy atom. The SMILES string of the molecule is Cc1c(Cl)ccc2c1N1C(=O)CNCC1C(=O)N2. The Balaban J connectivity index is 2.20.